The van der Waals surface area contributed by atoms with Crippen LogP contribution in [0.3, 0.4) is 0 Å². The summed E-state index contributed by atoms with van der Waals surface area (Å²) in [6, 6.07) is 9.59. The minimum Gasteiger partial charge on any atom is -0.495 e. The number of nitrogens with zero attached hydrogens (tertiary/aromatic N) is 4. The molecule has 1 aliphatic rings. The molecule has 7 heteroatoms. The van der Waals surface area contributed by atoms with Gasteiger partial charge in [0.25, 0.3) is 0 Å². The van der Waals surface area contributed by atoms with E-state index >= 15 is 0 Å². The molecular weight excluding hydrogens is 330 g/mol. The van der Waals surface area contributed by atoms with Gasteiger partial charge in [-0.2, -0.15) is 5.26 Å². The standard InChI is InChI=1S/C19H23N5O2/c1-26-17-5-4-14(7-16(17)9-20)10-21-18-8-19(23-13-22-18)24-6-2-3-15(11-24)12-25/h4-5,7-8,13,15,25H,2-3,6,10-12H2,1H3,(H,21,22,23). The van der Waals surface area contributed by atoms with E-state index in [2.05, 4.69) is 26.3 Å². The Morgan fingerprint density at radius 1 is 1.38 bits per heavy atom. The number of hydrogen-bond donors (Lipinski definition) is 2. The van der Waals surface area contributed by atoms with Crippen LogP contribution in [0, 0.1) is 17.2 Å². The molecule has 1 fully saturated rings. The number of ether oxygens (including phenoxy) is 1. The summed E-state index contributed by atoms with van der Waals surface area (Å²) in [5.41, 5.74) is 1.49. The number of aliphatic hydroxyl groups excluding tert-OH is 1. The Kier molecular flexibility index (Phi) is 5.87. The zero-order valence-corrected chi connectivity index (χ0v) is 14.9. The molecule has 0 aliphatic carbocycles. The van der Waals surface area contributed by atoms with Gasteiger partial charge in [0.2, 0.25) is 0 Å². The van der Waals surface area contributed by atoms with Crippen LogP contribution in [0.5, 0.6) is 5.75 Å². The second-order valence-corrected chi connectivity index (χ2v) is 6.40. The van der Waals surface area contributed by atoms with Crippen LogP contribution in [0.4, 0.5) is 11.6 Å². The number of aromatic nitrogens is 2. The zero-order chi connectivity index (χ0) is 18.4. The van der Waals surface area contributed by atoms with Crippen molar-refractivity contribution in [3.63, 3.8) is 0 Å². The molecule has 0 amide bonds. The van der Waals surface area contributed by atoms with Crippen molar-refractivity contribution in [3.8, 4) is 11.8 Å². The monoisotopic (exact) mass is 353 g/mol. The molecular formula is C19H23N5O2. The second-order valence-electron chi connectivity index (χ2n) is 6.40. The van der Waals surface area contributed by atoms with E-state index in [1.54, 1.807) is 19.5 Å². The van der Waals surface area contributed by atoms with Crippen molar-refractivity contribution in [1.82, 2.24) is 9.97 Å². The number of aliphatic hydroxyl groups is 1. The van der Waals surface area contributed by atoms with E-state index < -0.39 is 0 Å². The second kappa shape index (κ2) is 8.50. The van der Waals surface area contributed by atoms with Crippen molar-refractivity contribution in [1.29, 1.82) is 5.26 Å². The maximum atomic E-state index is 9.40. The molecule has 136 valence electrons. The summed E-state index contributed by atoms with van der Waals surface area (Å²) < 4.78 is 5.17. The summed E-state index contributed by atoms with van der Waals surface area (Å²) in [6.45, 7) is 2.52. The Hall–Kier alpha value is -2.85. The van der Waals surface area contributed by atoms with Gasteiger partial charge in [0.1, 0.15) is 29.8 Å². The van der Waals surface area contributed by atoms with Crippen molar-refractivity contribution in [2.75, 3.05) is 37.0 Å². The first-order chi connectivity index (χ1) is 12.7. The zero-order valence-electron chi connectivity index (χ0n) is 14.9. The van der Waals surface area contributed by atoms with Crippen LogP contribution in [0.15, 0.2) is 30.6 Å². The lowest BCUT2D eigenvalue weighted by atomic mass is 9.99. The third-order valence-corrected chi connectivity index (χ3v) is 4.61. The number of methoxy groups -OCH3 is 1. The van der Waals surface area contributed by atoms with Crippen LogP contribution in [0.2, 0.25) is 0 Å². The minimum absolute atomic E-state index is 0.214. The molecule has 0 spiro atoms. The van der Waals surface area contributed by atoms with Crippen molar-refractivity contribution in [2.24, 2.45) is 5.92 Å². The molecule has 1 aromatic heterocycles. The molecule has 1 aliphatic heterocycles. The Bertz CT molecular complexity index is 790. The van der Waals surface area contributed by atoms with Crippen molar-refractivity contribution < 1.29 is 9.84 Å². The molecule has 0 radical (unpaired) electrons. The van der Waals surface area contributed by atoms with Gasteiger partial charge in [-0.05, 0) is 36.5 Å². The fourth-order valence-electron chi connectivity index (χ4n) is 3.18. The van der Waals surface area contributed by atoms with Gasteiger partial charge in [-0.15, -0.1) is 0 Å². The molecule has 2 heterocycles. The normalized spacial score (nSPS) is 16.8. The third-order valence-electron chi connectivity index (χ3n) is 4.61. The van der Waals surface area contributed by atoms with Crippen molar-refractivity contribution >= 4 is 11.6 Å². The minimum atomic E-state index is 0.214. The molecule has 1 aromatic carbocycles. The number of hydrogen-bond acceptors (Lipinski definition) is 7. The highest BCUT2D eigenvalue weighted by Crippen LogP contribution is 2.23. The molecule has 26 heavy (non-hydrogen) atoms. The van der Waals surface area contributed by atoms with E-state index in [0.717, 1.165) is 43.1 Å². The molecule has 1 unspecified atom stereocenters. The SMILES string of the molecule is COc1ccc(CNc2cc(N3CCCC(CO)C3)ncn2)cc1C#N. The maximum Gasteiger partial charge on any atom is 0.136 e. The molecule has 2 N–H and O–H groups in total. The summed E-state index contributed by atoms with van der Waals surface area (Å²) in [7, 11) is 1.55. The largest absolute Gasteiger partial charge is 0.495 e. The van der Waals surface area contributed by atoms with Gasteiger partial charge in [0, 0.05) is 32.3 Å². The molecule has 3 rings (SSSR count). The van der Waals surface area contributed by atoms with E-state index in [-0.39, 0.29) is 6.61 Å². The molecule has 1 saturated heterocycles. The fourth-order valence-corrected chi connectivity index (χ4v) is 3.18. The maximum absolute atomic E-state index is 9.40. The fraction of sp³-hybridized carbons (Fsp3) is 0.421. The average molecular weight is 353 g/mol. The van der Waals surface area contributed by atoms with Gasteiger partial charge in [-0.3, -0.25) is 0 Å². The van der Waals surface area contributed by atoms with Gasteiger partial charge >= 0.3 is 0 Å². The number of nitrogens with one attached hydrogen (secondary N) is 1. The predicted octanol–water partition coefficient (Wildman–Crippen LogP) is 2.18. The van der Waals surface area contributed by atoms with Crippen LogP contribution in [-0.2, 0) is 6.54 Å². The van der Waals surface area contributed by atoms with Crippen molar-refractivity contribution in [3.05, 3.63) is 41.7 Å². The highest BCUT2D eigenvalue weighted by Gasteiger charge is 2.20. The summed E-state index contributed by atoms with van der Waals surface area (Å²) in [5, 5.41) is 21.9. The molecule has 0 saturated carbocycles. The van der Waals surface area contributed by atoms with Crippen molar-refractivity contribution in [2.45, 2.75) is 19.4 Å². The summed E-state index contributed by atoms with van der Waals surface area (Å²) >= 11 is 0. The Labute approximate surface area is 153 Å². The lowest BCUT2D eigenvalue weighted by molar-refractivity contribution is 0.208. The third kappa shape index (κ3) is 4.21. The van der Waals surface area contributed by atoms with E-state index in [9.17, 15) is 10.4 Å². The first-order valence-electron chi connectivity index (χ1n) is 8.72. The lowest BCUT2D eigenvalue weighted by Crippen LogP contribution is -2.37. The van der Waals surface area contributed by atoms with E-state index in [4.69, 9.17) is 4.74 Å². The highest BCUT2D eigenvalue weighted by molar-refractivity contribution is 5.50. The van der Waals surface area contributed by atoms with Gasteiger partial charge in [0.05, 0.1) is 12.7 Å². The Balaban J connectivity index is 1.67. The first-order valence-corrected chi connectivity index (χ1v) is 8.72. The Morgan fingerprint density at radius 2 is 2.27 bits per heavy atom. The smallest absolute Gasteiger partial charge is 0.136 e. The summed E-state index contributed by atoms with van der Waals surface area (Å²) in [5.74, 6) is 2.48. The van der Waals surface area contributed by atoms with E-state index in [0.29, 0.717) is 23.8 Å². The molecule has 2 aromatic rings. The van der Waals surface area contributed by atoms with Crippen LogP contribution < -0.4 is 15.0 Å². The van der Waals surface area contributed by atoms with Crippen LogP contribution in [0.1, 0.15) is 24.0 Å². The quantitative estimate of drug-likeness (QED) is 0.822. The average Bonchev–Trinajstić information content (AvgIpc) is 2.72. The van der Waals surface area contributed by atoms with Crippen LogP contribution >= 0.6 is 0 Å². The number of benzene rings is 1. The van der Waals surface area contributed by atoms with Gasteiger partial charge in [-0.1, -0.05) is 6.07 Å². The van der Waals surface area contributed by atoms with Gasteiger partial charge in [-0.25, -0.2) is 9.97 Å². The van der Waals surface area contributed by atoms with E-state index in [1.807, 2.05) is 18.2 Å². The topological polar surface area (TPSA) is 94.3 Å². The Morgan fingerprint density at radius 3 is 3.04 bits per heavy atom. The highest BCUT2D eigenvalue weighted by atomic mass is 16.5. The van der Waals surface area contributed by atoms with Crippen LogP contribution in [-0.4, -0.2) is 41.9 Å². The summed E-state index contributed by atoms with van der Waals surface area (Å²) in [4.78, 5) is 10.8. The van der Waals surface area contributed by atoms with E-state index in [1.165, 1.54) is 0 Å². The molecule has 1 atom stereocenters. The first kappa shape index (κ1) is 18.0. The number of piperidine rings is 1. The number of rotatable bonds is 6. The van der Waals surface area contributed by atoms with Gasteiger partial charge < -0.3 is 20.1 Å². The van der Waals surface area contributed by atoms with Crippen LogP contribution in [0.25, 0.3) is 0 Å². The molecule has 0 bridgehead atoms. The number of nitriles is 1. The lowest BCUT2D eigenvalue weighted by Gasteiger charge is -2.32. The van der Waals surface area contributed by atoms with Gasteiger partial charge in [0.15, 0.2) is 0 Å². The number of anilines is 2. The summed E-state index contributed by atoms with van der Waals surface area (Å²) in [6.07, 6.45) is 3.66. The molecule has 7 nitrogen and oxygen atoms in total. The predicted molar refractivity (Wildman–Crippen MR) is 99.1 cm³/mol.